The number of fused-ring (bicyclic) bond motifs is 1. The number of Topliss-reactive ketones (excluding diaryl/α,β-unsaturated/α-hetero) is 1. The second-order valence-corrected chi connectivity index (χ2v) is 5.96. The van der Waals surface area contributed by atoms with E-state index in [2.05, 4.69) is 15.3 Å². The smallest absolute Gasteiger partial charge is 0.257 e. The molecule has 0 bridgehead atoms. The Morgan fingerprint density at radius 2 is 2.05 bits per heavy atom. The number of aromatic nitrogens is 2. The summed E-state index contributed by atoms with van der Waals surface area (Å²) in [6.07, 6.45) is 6.43. The van der Waals surface area contributed by atoms with Crippen molar-refractivity contribution in [2.24, 2.45) is 5.41 Å². The van der Waals surface area contributed by atoms with E-state index >= 15 is 0 Å². The number of aryl methyl sites for hydroxylation is 1. The van der Waals surface area contributed by atoms with Crippen LogP contribution in [0.4, 0.5) is 5.69 Å². The maximum atomic E-state index is 12.6. The van der Waals surface area contributed by atoms with E-state index in [4.69, 9.17) is 0 Å². The Kier molecular flexibility index (Phi) is 3.12. The Labute approximate surface area is 122 Å². The third-order valence-corrected chi connectivity index (χ3v) is 3.99. The molecular formula is C16H17N3O2. The van der Waals surface area contributed by atoms with Crippen molar-refractivity contribution in [2.45, 2.75) is 26.7 Å². The van der Waals surface area contributed by atoms with Gasteiger partial charge in [0.2, 0.25) is 0 Å². The summed E-state index contributed by atoms with van der Waals surface area (Å²) in [5, 5.41) is 2.79. The quantitative estimate of drug-likeness (QED) is 0.890. The lowest BCUT2D eigenvalue weighted by Gasteiger charge is -2.28. The summed E-state index contributed by atoms with van der Waals surface area (Å²) in [5.74, 6) is -0.241. The molecule has 0 atom stereocenters. The molecule has 0 aliphatic heterocycles. The molecule has 0 saturated heterocycles. The molecule has 0 saturated carbocycles. The van der Waals surface area contributed by atoms with Gasteiger partial charge in [-0.05, 0) is 25.0 Å². The number of nitrogens with one attached hydrogen (secondary N) is 2. The van der Waals surface area contributed by atoms with Crippen molar-refractivity contribution in [1.82, 2.24) is 9.97 Å². The minimum absolute atomic E-state index is 0.0323. The van der Waals surface area contributed by atoms with Crippen molar-refractivity contribution >= 4 is 17.4 Å². The van der Waals surface area contributed by atoms with Crippen LogP contribution in [0.2, 0.25) is 0 Å². The second kappa shape index (κ2) is 4.84. The molecule has 108 valence electrons. The predicted octanol–water partition coefficient (Wildman–Crippen LogP) is 2.82. The number of anilines is 1. The van der Waals surface area contributed by atoms with E-state index < -0.39 is 5.41 Å². The maximum Gasteiger partial charge on any atom is 0.257 e. The number of rotatable bonds is 2. The lowest BCUT2D eigenvalue weighted by molar-refractivity contribution is 0.0805. The molecule has 1 aliphatic rings. The van der Waals surface area contributed by atoms with E-state index in [1.165, 1.54) is 0 Å². The fraction of sp³-hybridized carbons (Fsp3) is 0.312. The third-order valence-electron chi connectivity index (χ3n) is 3.99. The largest absolute Gasteiger partial charge is 0.364 e. The van der Waals surface area contributed by atoms with Crippen molar-refractivity contribution in [3.63, 3.8) is 0 Å². The molecule has 1 aliphatic carbocycles. The van der Waals surface area contributed by atoms with Gasteiger partial charge in [-0.15, -0.1) is 0 Å². The molecule has 0 unspecified atom stereocenters. The van der Waals surface area contributed by atoms with Gasteiger partial charge in [-0.3, -0.25) is 14.6 Å². The first-order chi connectivity index (χ1) is 9.99. The van der Waals surface area contributed by atoms with E-state index in [9.17, 15) is 9.59 Å². The van der Waals surface area contributed by atoms with Gasteiger partial charge in [-0.25, -0.2) is 0 Å². The Morgan fingerprint density at radius 1 is 1.33 bits per heavy atom. The number of aromatic amines is 1. The average molecular weight is 283 g/mol. The van der Waals surface area contributed by atoms with Crippen molar-refractivity contribution < 1.29 is 9.59 Å². The Morgan fingerprint density at radius 3 is 2.76 bits per heavy atom. The van der Waals surface area contributed by atoms with E-state index in [1.807, 2.05) is 13.8 Å². The van der Waals surface area contributed by atoms with Crippen LogP contribution < -0.4 is 5.32 Å². The minimum Gasteiger partial charge on any atom is -0.364 e. The fourth-order valence-electron chi connectivity index (χ4n) is 2.62. The fourth-order valence-corrected chi connectivity index (χ4v) is 2.62. The van der Waals surface area contributed by atoms with Gasteiger partial charge in [0, 0.05) is 35.4 Å². The zero-order valence-electron chi connectivity index (χ0n) is 12.1. The van der Waals surface area contributed by atoms with Crippen LogP contribution in [0.25, 0.3) is 0 Å². The molecule has 1 amide bonds. The molecule has 3 rings (SSSR count). The number of nitrogens with zero attached hydrogens (tertiary/aromatic N) is 1. The van der Waals surface area contributed by atoms with E-state index in [1.54, 1.807) is 30.7 Å². The molecule has 2 heterocycles. The molecule has 2 aromatic heterocycles. The highest BCUT2D eigenvalue weighted by Crippen LogP contribution is 2.36. The van der Waals surface area contributed by atoms with Gasteiger partial charge in [0.05, 0.1) is 11.1 Å². The van der Waals surface area contributed by atoms with Crippen LogP contribution >= 0.6 is 0 Å². The van der Waals surface area contributed by atoms with Gasteiger partial charge >= 0.3 is 0 Å². The van der Waals surface area contributed by atoms with Crippen LogP contribution in [-0.4, -0.2) is 21.7 Å². The van der Waals surface area contributed by atoms with Gasteiger partial charge in [0.1, 0.15) is 0 Å². The molecule has 0 aromatic carbocycles. The first-order valence-corrected chi connectivity index (χ1v) is 6.95. The van der Waals surface area contributed by atoms with Gasteiger partial charge in [-0.1, -0.05) is 13.8 Å². The number of amides is 1. The molecule has 5 heteroatoms. The van der Waals surface area contributed by atoms with Crippen molar-refractivity contribution in [3.8, 4) is 0 Å². The third kappa shape index (κ3) is 2.35. The minimum atomic E-state index is -0.416. The van der Waals surface area contributed by atoms with Gasteiger partial charge in [0.25, 0.3) is 5.91 Å². The van der Waals surface area contributed by atoms with Crippen molar-refractivity contribution in [2.75, 3.05) is 5.32 Å². The van der Waals surface area contributed by atoms with Crippen LogP contribution in [0, 0.1) is 5.41 Å². The normalized spacial score (nSPS) is 16.4. The summed E-state index contributed by atoms with van der Waals surface area (Å²) in [4.78, 5) is 31.9. The molecule has 0 spiro atoms. The number of H-pyrrole nitrogens is 1. The molecule has 5 nitrogen and oxygen atoms in total. The van der Waals surface area contributed by atoms with E-state index in [-0.39, 0.29) is 11.7 Å². The number of hydrogen-bond acceptors (Lipinski definition) is 3. The highest BCUT2D eigenvalue weighted by Gasteiger charge is 2.37. The lowest BCUT2D eigenvalue weighted by atomic mass is 9.74. The summed E-state index contributed by atoms with van der Waals surface area (Å²) in [6, 6.07) is 3.42. The Bertz CT molecular complexity index is 702. The monoisotopic (exact) mass is 283 g/mol. The Hall–Kier alpha value is -2.43. The van der Waals surface area contributed by atoms with E-state index in [0.29, 0.717) is 16.8 Å². The van der Waals surface area contributed by atoms with Crippen LogP contribution in [0.3, 0.4) is 0 Å². The van der Waals surface area contributed by atoms with Crippen LogP contribution in [-0.2, 0) is 6.42 Å². The standard InChI is InChI=1S/C16H17N3O2/c1-16(2)6-3-12-13(14(16)20)11(9-18-12)15(21)19-10-4-7-17-8-5-10/h4-5,7-9,18H,3,6H2,1-2H3,(H,17,19,21). The highest BCUT2D eigenvalue weighted by atomic mass is 16.2. The number of carbonyl (C=O) groups is 2. The highest BCUT2D eigenvalue weighted by molar-refractivity contribution is 6.15. The number of pyridine rings is 1. The first kappa shape index (κ1) is 13.5. The van der Waals surface area contributed by atoms with Gasteiger partial charge in [-0.2, -0.15) is 0 Å². The number of carbonyl (C=O) groups excluding carboxylic acids is 2. The molecule has 21 heavy (non-hydrogen) atoms. The van der Waals surface area contributed by atoms with Gasteiger partial charge < -0.3 is 10.3 Å². The average Bonchev–Trinajstić information content (AvgIpc) is 2.89. The summed E-state index contributed by atoms with van der Waals surface area (Å²) in [6.45, 7) is 3.85. The first-order valence-electron chi connectivity index (χ1n) is 6.95. The van der Waals surface area contributed by atoms with Crippen molar-refractivity contribution in [3.05, 3.63) is 47.5 Å². The Balaban J connectivity index is 1.93. The molecule has 0 radical (unpaired) electrons. The van der Waals surface area contributed by atoms with Crippen LogP contribution in [0.1, 0.15) is 46.7 Å². The number of ketones is 1. The maximum absolute atomic E-state index is 12.6. The summed E-state index contributed by atoms with van der Waals surface area (Å²) < 4.78 is 0. The van der Waals surface area contributed by atoms with Crippen molar-refractivity contribution in [1.29, 1.82) is 0 Å². The molecule has 0 fully saturated rings. The summed E-state index contributed by atoms with van der Waals surface area (Å²) >= 11 is 0. The SMILES string of the molecule is CC1(C)CCc2[nH]cc(C(=O)Nc3ccncc3)c2C1=O. The van der Waals surface area contributed by atoms with Crippen LogP contribution in [0.15, 0.2) is 30.7 Å². The second-order valence-electron chi connectivity index (χ2n) is 5.96. The molecule has 2 N–H and O–H groups in total. The molecule has 2 aromatic rings. The van der Waals surface area contributed by atoms with Gasteiger partial charge in [0.15, 0.2) is 5.78 Å². The topological polar surface area (TPSA) is 74.8 Å². The zero-order chi connectivity index (χ0) is 15.0. The summed E-state index contributed by atoms with van der Waals surface area (Å²) in [5.41, 5.74) is 2.06. The zero-order valence-corrected chi connectivity index (χ0v) is 12.1. The number of hydrogen-bond donors (Lipinski definition) is 2. The molecular weight excluding hydrogens is 266 g/mol. The van der Waals surface area contributed by atoms with Crippen LogP contribution in [0.5, 0.6) is 0 Å². The predicted molar refractivity (Wildman–Crippen MR) is 79.4 cm³/mol. The summed E-state index contributed by atoms with van der Waals surface area (Å²) in [7, 11) is 0. The lowest BCUT2D eigenvalue weighted by Crippen LogP contribution is -2.31. The van der Waals surface area contributed by atoms with E-state index in [0.717, 1.165) is 18.5 Å².